The van der Waals surface area contributed by atoms with Gasteiger partial charge in [-0.05, 0) is 39.9 Å². The van der Waals surface area contributed by atoms with Crippen LogP contribution in [0.2, 0.25) is 0 Å². The predicted molar refractivity (Wildman–Crippen MR) is 90.4 cm³/mol. The van der Waals surface area contributed by atoms with E-state index in [4.69, 9.17) is 5.73 Å². The van der Waals surface area contributed by atoms with E-state index in [9.17, 15) is 0 Å². The Bertz CT molecular complexity index is 728. The van der Waals surface area contributed by atoms with Gasteiger partial charge in [0, 0.05) is 0 Å². The molecule has 1 atom stereocenters. The molecule has 0 spiro atoms. The maximum atomic E-state index is 6.43. The van der Waals surface area contributed by atoms with Gasteiger partial charge in [-0.2, -0.15) is 0 Å². The van der Waals surface area contributed by atoms with E-state index in [0.717, 1.165) is 12.0 Å². The molecule has 0 saturated heterocycles. The Morgan fingerprint density at radius 3 is 2.19 bits per heavy atom. The summed E-state index contributed by atoms with van der Waals surface area (Å²) >= 11 is 0. The molecule has 1 unspecified atom stereocenters. The first-order chi connectivity index (χ1) is 10.3. The largest absolute Gasteiger partial charge is 0.320 e. The first-order valence-electron chi connectivity index (χ1n) is 7.61. The summed E-state index contributed by atoms with van der Waals surface area (Å²) in [6.07, 6.45) is 2.31. The molecular formula is C20H21N. The Morgan fingerprint density at radius 1 is 0.810 bits per heavy atom. The Morgan fingerprint density at radius 2 is 1.48 bits per heavy atom. The lowest BCUT2D eigenvalue weighted by Gasteiger charge is -2.14. The first kappa shape index (κ1) is 13.8. The van der Waals surface area contributed by atoms with E-state index in [1.165, 1.54) is 28.3 Å². The molecule has 106 valence electrons. The second-order valence-electron chi connectivity index (χ2n) is 5.58. The lowest BCUT2D eigenvalue weighted by Crippen LogP contribution is -2.11. The fourth-order valence-corrected chi connectivity index (χ4v) is 2.77. The topological polar surface area (TPSA) is 26.0 Å². The first-order valence-corrected chi connectivity index (χ1v) is 7.61. The number of hydrogen-bond donors (Lipinski definition) is 1. The van der Waals surface area contributed by atoms with Gasteiger partial charge in [0.1, 0.15) is 0 Å². The van der Waals surface area contributed by atoms with Gasteiger partial charge in [-0.25, -0.2) is 0 Å². The van der Waals surface area contributed by atoms with Crippen molar-refractivity contribution in [2.45, 2.75) is 25.8 Å². The van der Waals surface area contributed by atoms with Gasteiger partial charge >= 0.3 is 0 Å². The van der Waals surface area contributed by atoms with Gasteiger partial charge < -0.3 is 5.73 Å². The zero-order valence-corrected chi connectivity index (χ0v) is 12.4. The fourth-order valence-electron chi connectivity index (χ4n) is 2.77. The standard InChI is InChI=1S/C20H21N/c1-2-5-15-8-10-17(11-9-15)20(21)19-13-12-16-6-3-4-7-18(16)14-19/h3-4,6-14,20H,2,5,21H2,1H3. The number of nitrogens with two attached hydrogens (primary N) is 1. The summed E-state index contributed by atoms with van der Waals surface area (Å²) in [5, 5.41) is 2.50. The van der Waals surface area contributed by atoms with E-state index in [1.807, 2.05) is 0 Å². The molecule has 0 radical (unpaired) electrons. The Balaban J connectivity index is 1.90. The zero-order valence-electron chi connectivity index (χ0n) is 12.4. The molecule has 0 saturated carbocycles. The monoisotopic (exact) mass is 275 g/mol. The SMILES string of the molecule is CCCc1ccc(C(N)c2ccc3ccccc3c2)cc1. The zero-order chi connectivity index (χ0) is 14.7. The minimum atomic E-state index is -0.0646. The van der Waals surface area contributed by atoms with Crippen molar-refractivity contribution in [2.75, 3.05) is 0 Å². The summed E-state index contributed by atoms with van der Waals surface area (Å²) in [7, 11) is 0. The Labute approximate surface area is 126 Å². The van der Waals surface area contributed by atoms with Gasteiger partial charge in [0.05, 0.1) is 6.04 Å². The van der Waals surface area contributed by atoms with E-state index in [0.29, 0.717) is 0 Å². The number of hydrogen-bond acceptors (Lipinski definition) is 1. The average molecular weight is 275 g/mol. The average Bonchev–Trinajstić information content (AvgIpc) is 2.55. The third-order valence-electron chi connectivity index (χ3n) is 4.01. The molecule has 3 aromatic carbocycles. The minimum absolute atomic E-state index is 0.0646. The van der Waals surface area contributed by atoms with Crippen molar-refractivity contribution in [1.82, 2.24) is 0 Å². The van der Waals surface area contributed by atoms with Gasteiger partial charge in [0.2, 0.25) is 0 Å². The Kier molecular flexibility index (Phi) is 4.03. The maximum Gasteiger partial charge on any atom is 0.0551 e. The second-order valence-corrected chi connectivity index (χ2v) is 5.58. The molecule has 1 nitrogen and oxygen atoms in total. The van der Waals surface area contributed by atoms with Crippen molar-refractivity contribution in [3.05, 3.63) is 83.4 Å². The van der Waals surface area contributed by atoms with Crippen molar-refractivity contribution in [3.8, 4) is 0 Å². The van der Waals surface area contributed by atoms with E-state index in [1.54, 1.807) is 0 Å². The fraction of sp³-hybridized carbons (Fsp3) is 0.200. The quantitative estimate of drug-likeness (QED) is 0.724. The molecule has 21 heavy (non-hydrogen) atoms. The summed E-state index contributed by atoms with van der Waals surface area (Å²) in [5.41, 5.74) is 10.1. The molecule has 3 rings (SSSR count). The summed E-state index contributed by atoms with van der Waals surface area (Å²) < 4.78 is 0. The molecule has 0 aliphatic heterocycles. The van der Waals surface area contributed by atoms with E-state index in [2.05, 4.69) is 73.7 Å². The van der Waals surface area contributed by atoms with E-state index in [-0.39, 0.29) is 6.04 Å². The van der Waals surface area contributed by atoms with Crippen LogP contribution in [0.25, 0.3) is 10.8 Å². The van der Waals surface area contributed by atoms with E-state index < -0.39 is 0 Å². The van der Waals surface area contributed by atoms with Crippen LogP contribution >= 0.6 is 0 Å². The van der Waals surface area contributed by atoms with Gasteiger partial charge in [-0.3, -0.25) is 0 Å². The molecule has 0 fully saturated rings. The molecule has 0 amide bonds. The molecule has 0 aliphatic carbocycles. The molecule has 0 bridgehead atoms. The van der Waals surface area contributed by atoms with Crippen molar-refractivity contribution in [2.24, 2.45) is 5.73 Å². The highest BCUT2D eigenvalue weighted by Crippen LogP contribution is 2.24. The van der Waals surface area contributed by atoms with Crippen LogP contribution in [-0.4, -0.2) is 0 Å². The smallest absolute Gasteiger partial charge is 0.0551 e. The van der Waals surface area contributed by atoms with Crippen LogP contribution in [0.5, 0.6) is 0 Å². The third-order valence-corrected chi connectivity index (χ3v) is 4.01. The van der Waals surface area contributed by atoms with Crippen LogP contribution in [0.4, 0.5) is 0 Å². The molecule has 2 N–H and O–H groups in total. The van der Waals surface area contributed by atoms with Crippen LogP contribution in [-0.2, 0) is 6.42 Å². The van der Waals surface area contributed by atoms with Crippen molar-refractivity contribution in [3.63, 3.8) is 0 Å². The molecule has 1 heteroatoms. The normalized spacial score (nSPS) is 12.5. The highest BCUT2D eigenvalue weighted by Gasteiger charge is 2.09. The highest BCUT2D eigenvalue weighted by atomic mass is 14.6. The second kappa shape index (κ2) is 6.11. The summed E-state index contributed by atoms with van der Waals surface area (Å²) in [6, 6.07) is 23.5. The van der Waals surface area contributed by atoms with Crippen LogP contribution in [0.3, 0.4) is 0 Å². The summed E-state index contributed by atoms with van der Waals surface area (Å²) in [4.78, 5) is 0. The van der Waals surface area contributed by atoms with Crippen molar-refractivity contribution in [1.29, 1.82) is 0 Å². The maximum absolute atomic E-state index is 6.43. The minimum Gasteiger partial charge on any atom is -0.320 e. The van der Waals surface area contributed by atoms with E-state index >= 15 is 0 Å². The lowest BCUT2D eigenvalue weighted by molar-refractivity contribution is 0.867. The highest BCUT2D eigenvalue weighted by molar-refractivity contribution is 5.83. The van der Waals surface area contributed by atoms with Gasteiger partial charge in [-0.15, -0.1) is 0 Å². The molecular weight excluding hydrogens is 254 g/mol. The molecule has 3 aromatic rings. The predicted octanol–water partition coefficient (Wildman–Crippen LogP) is 4.84. The molecule has 0 aliphatic rings. The summed E-state index contributed by atoms with van der Waals surface area (Å²) in [5.74, 6) is 0. The molecule has 0 heterocycles. The third kappa shape index (κ3) is 2.98. The van der Waals surface area contributed by atoms with Gasteiger partial charge in [0.15, 0.2) is 0 Å². The molecule has 0 aromatic heterocycles. The number of fused-ring (bicyclic) bond motifs is 1. The van der Waals surface area contributed by atoms with Crippen LogP contribution in [0, 0.1) is 0 Å². The van der Waals surface area contributed by atoms with Crippen LogP contribution < -0.4 is 5.73 Å². The van der Waals surface area contributed by atoms with Crippen molar-refractivity contribution < 1.29 is 0 Å². The van der Waals surface area contributed by atoms with Crippen molar-refractivity contribution >= 4 is 10.8 Å². The number of rotatable bonds is 4. The van der Waals surface area contributed by atoms with Crippen LogP contribution in [0.15, 0.2) is 66.7 Å². The van der Waals surface area contributed by atoms with Crippen LogP contribution in [0.1, 0.15) is 36.1 Å². The number of aryl methyl sites for hydroxylation is 1. The lowest BCUT2D eigenvalue weighted by atomic mass is 9.96. The van der Waals surface area contributed by atoms with Gasteiger partial charge in [-0.1, -0.05) is 74.0 Å². The Hall–Kier alpha value is -2.12. The van der Waals surface area contributed by atoms with Gasteiger partial charge in [0.25, 0.3) is 0 Å². The number of benzene rings is 3. The summed E-state index contributed by atoms with van der Waals surface area (Å²) in [6.45, 7) is 2.20.